The highest BCUT2D eigenvalue weighted by atomic mass is 35.5. The first kappa shape index (κ1) is 44.0. The topological polar surface area (TPSA) is 150 Å². The third kappa shape index (κ3) is 9.97. The molecule has 0 atom stereocenters. The Balaban J connectivity index is 1.03. The van der Waals surface area contributed by atoms with Crippen molar-refractivity contribution in [2.45, 2.75) is 34.7 Å². The van der Waals surface area contributed by atoms with Gasteiger partial charge in [0.05, 0.1) is 16.1 Å². The summed E-state index contributed by atoms with van der Waals surface area (Å²) < 4.78 is 108. The molecule has 5 aromatic carbocycles. The summed E-state index contributed by atoms with van der Waals surface area (Å²) in [6, 6.07) is 30.1. The van der Waals surface area contributed by atoms with Crippen molar-refractivity contribution in [3.05, 3.63) is 132 Å². The number of fused-ring (bicyclic) bond motifs is 1. The predicted octanol–water partition coefficient (Wildman–Crippen LogP) is 8.85. The van der Waals surface area contributed by atoms with Gasteiger partial charge in [0.15, 0.2) is 0 Å². The zero-order chi connectivity index (χ0) is 44.4. The third-order valence-corrected chi connectivity index (χ3v) is 14.4. The van der Waals surface area contributed by atoms with Crippen LogP contribution in [-0.2, 0) is 31.1 Å². The van der Waals surface area contributed by atoms with Gasteiger partial charge in [-0.25, -0.2) is 21.6 Å². The quantitative estimate of drug-likeness (QED) is 0.103. The molecule has 0 saturated carbocycles. The smallest absolute Gasteiger partial charge is 0.456 e. The molecule has 2 saturated heterocycles. The lowest BCUT2D eigenvalue weighted by molar-refractivity contribution is -0.0435. The first-order valence-corrected chi connectivity index (χ1v) is 23.5. The van der Waals surface area contributed by atoms with Crippen LogP contribution in [0.3, 0.4) is 0 Å². The zero-order valence-electron chi connectivity index (χ0n) is 33.7. The van der Waals surface area contributed by atoms with E-state index in [4.69, 9.17) is 21.1 Å². The summed E-state index contributed by atoms with van der Waals surface area (Å²) in [7, 11) is -11.0. The SMILES string of the molecule is O=C(NS(=O)(=O)c1ccc(NCC2CCOCC2)c(S(=O)(=O)C(F)(F)F)c1)c1ccc(N2CCN(Cc3ccccc3-c3ccc(Cl)cc3)CC2)cc1Oc1ccc2[nH]ccc2c1. The Kier molecular flexibility index (Phi) is 12.8. The number of benzene rings is 5. The summed E-state index contributed by atoms with van der Waals surface area (Å²) in [6.07, 6.45) is 2.98. The normalized spacial score (nSPS) is 15.7. The van der Waals surface area contributed by atoms with Gasteiger partial charge in [-0.1, -0.05) is 48.0 Å². The summed E-state index contributed by atoms with van der Waals surface area (Å²) in [4.78, 5) is 19.4. The zero-order valence-corrected chi connectivity index (χ0v) is 36.1. The highest BCUT2D eigenvalue weighted by Gasteiger charge is 2.48. The lowest BCUT2D eigenvalue weighted by Gasteiger charge is -2.36. The average molecular weight is 922 g/mol. The van der Waals surface area contributed by atoms with E-state index in [1.54, 1.807) is 36.5 Å². The number of alkyl halides is 3. The van der Waals surface area contributed by atoms with Crippen molar-refractivity contribution in [2.24, 2.45) is 5.92 Å². The maximum Gasteiger partial charge on any atom is 0.501 e. The number of piperazine rings is 1. The third-order valence-electron chi connectivity index (χ3n) is 11.3. The number of sulfonamides is 1. The lowest BCUT2D eigenvalue weighted by atomic mass is 9.99. The predicted molar refractivity (Wildman–Crippen MR) is 236 cm³/mol. The molecule has 2 aliphatic heterocycles. The van der Waals surface area contributed by atoms with Crippen molar-refractivity contribution < 1.29 is 44.3 Å². The number of sulfone groups is 1. The van der Waals surface area contributed by atoms with Crippen LogP contribution in [-0.4, -0.2) is 84.1 Å². The minimum atomic E-state index is -6.02. The van der Waals surface area contributed by atoms with Crippen LogP contribution in [0.2, 0.25) is 5.02 Å². The second-order valence-electron chi connectivity index (χ2n) is 15.4. The van der Waals surface area contributed by atoms with Gasteiger partial charge in [-0.3, -0.25) is 9.69 Å². The van der Waals surface area contributed by atoms with E-state index < -0.39 is 46.8 Å². The number of nitrogens with zero attached hydrogens (tertiary/aromatic N) is 2. The van der Waals surface area contributed by atoms with Gasteiger partial charge in [-0.15, -0.1) is 0 Å². The molecular formula is C45H43ClF3N5O7S2. The number of ether oxygens (including phenoxy) is 2. The van der Waals surface area contributed by atoms with Crippen LogP contribution >= 0.6 is 11.6 Å². The summed E-state index contributed by atoms with van der Waals surface area (Å²) in [6.45, 7) is 4.44. The molecule has 0 unspecified atom stereocenters. The van der Waals surface area contributed by atoms with Gasteiger partial charge in [0, 0.05) is 86.4 Å². The maximum absolute atomic E-state index is 13.9. The van der Waals surface area contributed by atoms with Crippen LogP contribution in [0.4, 0.5) is 24.5 Å². The van der Waals surface area contributed by atoms with Crippen LogP contribution < -0.4 is 19.7 Å². The summed E-state index contributed by atoms with van der Waals surface area (Å²) >= 11 is 6.14. The first-order valence-electron chi connectivity index (χ1n) is 20.2. The molecule has 3 heterocycles. The Morgan fingerprint density at radius 2 is 1.60 bits per heavy atom. The van der Waals surface area contributed by atoms with Crippen LogP contribution in [0.15, 0.2) is 125 Å². The molecule has 8 rings (SSSR count). The largest absolute Gasteiger partial charge is 0.501 e. The number of carbonyl (C=O) groups is 1. The number of nitrogens with one attached hydrogen (secondary N) is 3. The Hall–Kier alpha value is -5.59. The summed E-state index contributed by atoms with van der Waals surface area (Å²) in [5.74, 6) is -0.784. The minimum Gasteiger partial charge on any atom is -0.456 e. The van der Waals surface area contributed by atoms with Crippen LogP contribution in [0, 0.1) is 5.92 Å². The van der Waals surface area contributed by atoms with E-state index in [1.165, 1.54) is 11.6 Å². The van der Waals surface area contributed by atoms with Gasteiger partial charge in [-0.05, 0) is 102 Å². The maximum atomic E-state index is 13.9. The molecule has 330 valence electrons. The molecule has 0 radical (unpaired) electrons. The number of H-pyrrole nitrogens is 1. The molecule has 1 amide bonds. The summed E-state index contributed by atoms with van der Waals surface area (Å²) in [5.41, 5.74) is -1.44. The Morgan fingerprint density at radius 3 is 2.35 bits per heavy atom. The van der Waals surface area contributed by atoms with Gasteiger partial charge in [0.25, 0.3) is 25.8 Å². The van der Waals surface area contributed by atoms with E-state index in [0.29, 0.717) is 74.8 Å². The number of amides is 1. The van der Waals surface area contributed by atoms with E-state index in [1.807, 2.05) is 47.2 Å². The number of hydrogen-bond acceptors (Lipinski definition) is 10. The van der Waals surface area contributed by atoms with E-state index in [2.05, 4.69) is 32.2 Å². The van der Waals surface area contributed by atoms with Crippen molar-refractivity contribution in [1.82, 2.24) is 14.6 Å². The Labute approximate surface area is 367 Å². The molecular weight excluding hydrogens is 879 g/mol. The minimum absolute atomic E-state index is 0.00490. The molecule has 2 aliphatic rings. The number of rotatable bonds is 13. The molecule has 0 spiro atoms. The van der Waals surface area contributed by atoms with Gasteiger partial charge in [0.2, 0.25) is 0 Å². The fraction of sp³-hybridized carbons (Fsp3) is 0.267. The highest BCUT2D eigenvalue weighted by Crippen LogP contribution is 2.37. The number of carbonyl (C=O) groups excluding carboxylic acids is 1. The fourth-order valence-corrected chi connectivity index (χ4v) is 9.93. The van der Waals surface area contributed by atoms with Crippen LogP contribution in [0.1, 0.15) is 28.8 Å². The molecule has 0 aliphatic carbocycles. The van der Waals surface area contributed by atoms with E-state index in [-0.39, 0.29) is 23.8 Å². The molecule has 18 heteroatoms. The average Bonchev–Trinajstić information content (AvgIpc) is 3.74. The Morgan fingerprint density at radius 1 is 0.857 bits per heavy atom. The molecule has 2 fully saturated rings. The molecule has 12 nitrogen and oxygen atoms in total. The number of aromatic nitrogens is 1. The van der Waals surface area contributed by atoms with E-state index >= 15 is 0 Å². The molecule has 6 aromatic rings. The lowest BCUT2D eigenvalue weighted by Crippen LogP contribution is -2.46. The second kappa shape index (κ2) is 18.3. The van der Waals surface area contributed by atoms with E-state index in [9.17, 15) is 34.8 Å². The number of aromatic amines is 1. The summed E-state index contributed by atoms with van der Waals surface area (Å²) in [5, 5.41) is 4.24. The van der Waals surface area contributed by atoms with Crippen molar-refractivity contribution in [3.63, 3.8) is 0 Å². The molecule has 0 bridgehead atoms. The molecule has 63 heavy (non-hydrogen) atoms. The van der Waals surface area contributed by atoms with E-state index in [0.717, 1.165) is 40.7 Å². The molecule has 3 N–H and O–H groups in total. The van der Waals surface area contributed by atoms with Gasteiger partial charge < -0.3 is 24.7 Å². The van der Waals surface area contributed by atoms with Crippen molar-refractivity contribution >= 4 is 59.6 Å². The van der Waals surface area contributed by atoms with Gasteiger partial charge in [0.1, 0.15) is 16.4 Å². The van der Waals surface area contributed by atoms with Crippen LogP contribution in [0.5, 0.6) is 11.5 Å². The van der Waals surface area contributed by atoms with Crippen molar-refractivity contribution in [2.75, 3.05) is 56.2 Å². The van der Waals surface area contributed by atoms with Crippen molar-refractivity contribution in [1.29, 1.82) is 0 Å². The number of hydrogen-bond donors (Lipinski definition) is 3. The fourth-order valence-electron chi connectivity index (χ4n) is 7.78. The monoisotopic (exact) mass is 921 g/mol. The van der Waals surface area contributed by atoms with Gasteiger partial charge >= 0.3 is 5.51 Å². The number of anilines is 2. The highest BCUT2D eigenvalue weighted by molar-refractivity contribution is 7.92. The first-order chi connectivity index (χ1) is 30.1. The molecule has 1 aromatic heterocycles. The van der Waals surface area contributed by atoms with Crippen LogP contribution in [0.25, 0.3) is 22.0 Å². The number of halogens is 4. The second-order valence-corrected chi connectivity index (χ2v) is 19.4. The van der Waals surface area contributed by atoms with Gasteiger partial charge in [-0.2, -0.15) is 13.2 Å². The van der Waals surface area contributed by atoms with Crippen molar-refractivity contribution in [3.8, 4) is 22.6 Å². The Bertz CT molecular complexity index is 2840. The standard InChI is InChI=1S/C45H43ClF3N5O7S2/c46-34-7-5-31(6-8-34)38-4-2-1-3-33(38)29-53-19-21-54(22-20-53)35-9-12-39(42(26-35)61-36-10-13-40-32(25-36)15-18-50-40)44(55)52-63(58,59)37-11-14-41(51-28-30-16-23-60-24-17-30)43(27-37)62(56,57)45(47,48)49/h1-15,18,25-27,30,50-51H,16-17,19-24,28-29H2,(H,52,55).